The first-order valence-corrected chi connectivity index (χ1v) is 14.8. The van der Waals surface area contributed by atoms with Gasteiger partial charge in [-0.25, -0.2) is 0 Å². The number of para-hydroxylation sites is 2. The lowest BCUT2D eigenvalue weighted by Crippen LogP contribution is -2.28. The molecule has 5 rings (SSSR count). The fourth-order valence-corrected chi connectivity index (χ4v) is 6.12. The topological polar surface area (TPSA) is 87.1 Å². The van der Waals surface area contributed by atoms with E-state index < -0.39 is 5.92 Å². The van der Waals surface area contributed by atoms with E-state index in [1.54, 1.807) is 11.6 Å². The summed E-state index contributed by atoms with van der Waals surface area (Å²) in [5.41, 5.74) is 4.48. The van der Waals surface area contributed by atoms with Crippen LogP contribution in [0.4, 0.5) is 0 Å². The molecule has 2 aromatic heterocycles. The van der Waals surface area contributed by atoms with Crippen molar-refractivity contribution in [2.24, 2.45) is 12.5 Å². The number of benzene rings is 3. The van der Waals surface area contributed by atoms with Gasteiger partial charge in [0, 0.05) is 46.5 Å². The molecule has 0 fully saturated rings. The lowest BCUT2D eigenvalue weighted by molar-refractivity contribution is -0.122. The second-order valence-electron chi connectivity index (χ2n) is 11.9. The molecule has 0 bridgehead atoms. The summed E-state index contributed by atoms with van der Waals surface area (Å²) in [6.07, 6.45) is 1.90. The number of halogens is 1. The third kappa shape index (κ3) is 5.96. The van der Waals surface area contributed by atoms with Gasteiger partial charge in [0.1, 0.15) is 5.75 Å². The number of nitrogens with one attached hydrogen (secondary N) is 2. The van der Waals surface area contributed by atoms with Crippen LogP contribution in [0.2, 0.25) is 0 Å². The largest absolute Gasteiger partial charge is 0.507 e. The Hall–Kier alpha value is -3.84. The molecule has 0 radical (unpaired) electrons. The van der Waals surface area contributed by atoms with Crippen molar-refractivity contribution >= 4 is 43.6 Å². The standard InChI is InChI=1S/C34H36BrN3O3/c1-34(2,3)20-28(39)36-18-10-15-24-23-13-5-7-16-26(23)37-31(24)29(21-11-9-12-22(35)19-21)30-32(40)25-14-6-8-17-27(25)38(4)33(30)41/h5-9,11-14,16-17,19,29,37,40H,10,15,18,20H2,1-4H3,(H,36,39). The SMILES string of the molecule is Cn1c(=O)c(C(c2cccc(Br)c2)c2[nH]c3ccccc3c2CCCNC(=O)CC(C)(C)C)c(O)c2ccccc21. The van der Waals surface area contributed by atoms with Crippen molar-refractivity contribution in [1.29, 1.82) is 0 Å². The Kier molecular flexibility index (Phi) is 8.09. The summed E-state index contributed by atoms with van der Waals surface area (Å²) in [5, 5.41) is 16.4. The molecule has 6 nitrogen and oxygen atoms in total. The lowest BCUT2D eigenvalue weighted by Gasteiger charge is -2.22. The number of H-pyrrole nitrogens is 1. The van der Waals surface area contributed by atoms with Crippen LogP contribution in [0.1, 0.15) is 61.9 Å². The third-order valence-electron chi connectivity index (χ3n) is 7.53. The van der Waals surface area contributed by atoms with E-state index in [-0.39, 0.29) is 22.6 Å². The minimum Gasteiger partial charge on any atom is -0.507 e. The van der Waals surface area contributed by atoms with Crippen LogP contribution in [0.15, 0.2) is 82.1 Å². The van der Waals surface area contributed by atoms with Crippen molar-refractivity contribution in [1.82, 2.24) is 14.9 Å². The number of pyridine rings is 1. The molecule has 7 heteroatoms. The Labute approximate surface area is 248 Å². The summed E-state index contributed by atoms with van der Waals surface area (Å²) >= 11 is 3.61. The first-order chi connectivity index (χ1) is 19.5. The summed E-state index contributed by atoms with van der Waals surface area (Å²) in [7, 11) is 1.75. The van der Waals surface area contributed by atoms with Gasteiger partial charge in [-0.1, -0.05) is 79.2 Å². The monoisotopic (exact) mass is 613 g/mol. The lowest BCUT2D eigenvalue weighted by atomic mass is 9.85. The van der Waals surface area contributed by atoms with E-state index in [9.17, 15) is 14.7 Å². The summed E-state index contributed by atoms with van der Waals surface area (Å²) in [6, 6.07) is 23.4. The van der Waals surface area contributed by atoms with E-state index in [1.807, 2.05) is 66.7 Å². The molecule has 1 amide bonds. The van der Waals surface area contributed by atoms with Crippen molar-refractivity contribution in [3.63, 3.8) is 0 Å². The molecule has 0 aliphatic rings. The van der Waals surface area contributed by atoms with Crippen LogP contribution in [0.5, 0.6) is 5.75 Å². The molecule has 0 aliphatic heterocycles. The number of rotatable bonds is 8. The predicted octanol–water partition coefficient (Wildman–Crippen LogP) is 7.15. The van der Waals surface area contributed by atoms with Gasteiger partial charge in [-0.2, -0.15) is 0 Å². The Bertz CT molecular complexity index is 1800. The van der Waals surface area contributed by atoms with Gasteiger partial charge in [0.05, 0.1) is 17.0 Å². The van der Waals surface area contributed by atoms with E-state index >= 15 is 0 Å². The molecule has 0 saturated heterocycles. The first-order valence-electron chi connectivity index (χ1n) is 14.0. The molecule has 0 aliphatic carbocycles. The molecule has 1 unspecified atom stereocenters. The highest BCUT2D eigenvalue weighted by atomic mass is 79.9. The maximum Gasteiger partial charge on any atom is 0.258 e. The summed E-state index contributed by atoms with van der Waals surface area (Å²) in [4.78, 5) is 30.0. The predicted molar refractivity (Wildman–Crippen MR) is 170 cm³/mol. The van der Waals surface area contributed by atoms with Gasteiger partial charge in [0.15, 0.2) is 0 Å². The fourth-order valence-electron chi connectivity index (χ4n) is 5.70. The highest BCUT2D eigenvalue weighted by Gasteiger charge is 2.30. The van der Waals surface area contributed by atoms with Crippen LogP contribution >= 0.6 is 15.9 Å². The number of aromatic nitrogens is 2. The zero-order chi connectivity index (χ0) is 29.3. The fraction of sp³-hybridized carbons (Fsp3) is 0.294. The van der Waals surface area contributed by atoms with Gasteiger partial charge in [0.25, 0.3) is 5.56 Å². The molecule has 41 heavy (non-hydrogen) atoms. The maximum atomic E-state index is 14.0. The maximum absolute atomic E-state index is 14.0. The van der Waals surface area contributed by atoms with Gasteiger partial charge in [-0.15, -0.1) is 0 Å². The zero-order valence-corrected chi connectivity index (χ0v) is 25.5. The van der Waals surface area contributed by atoms with Crippen molar-refractivity contribution < 1.29 is 9.90 Å². The molecule has 3 aromatic carbocycles. The molecule has 212 valence electrons. The Balaban J connectivity index is 1.64. The van der Waals surface area contributed by atoms with Crippen molar-refractivity contribution in [2.45, 2.75) is 46.0 Å². The number of amides is 1. The normalized spacial score (nSPS) is 12.6. The third-order valence-corrected chi connectivity index (χ3v) is 8.03. The Morgan fingerprint density at radius 1 is 1.02 bits per heavy atom. The van der Waals surface area contributed by atoms with E-state index in [0.29, 0.717) is 35.9 Å². The van der Waals surface area contributed by atoms with Crippen LogP contribution < -0.4 is 10.9 Å². The number of aromatic amines is 1. The van der Waals surface area contributed by atoms with E-state index in [1.165, 1.54) is 0 Å². The summed E-state index contributed by atoms with van der Waals surface area (Å²) < 4.78 is 2.50. The zero-order valence-electron chi connectivity index (χ0n) is 23.9. The Morgan fingerprint density at radius 3 is 2.46 bits per heavy atom. The summed E-state index contributed by atoms with van der Waals surface area (Å²) in [6.45, 7) is 6.72. The molecule has 0 saturated carbocycles. The number of carbonyl (C=O) groups excluding carboxylic acids is 1. The van der Waals surface area contributed by atoms with Crippen LogP contribution in [-0.4, -0.2) is 27.1 Å². The summed E-state index contributed by atoms with van der Waals surface area (Å²) in [5.74, 6) is -0.505. The second kappa shape index (κ2) is 11.6. The van der Waals surface area contributed by atoms with Gasteiger partial charge < -0.3 is 20.0 Å². The quantitative estimate of drug-likeness (QED) is 0.162. The van der Waals surface area contributed by atoms with Crippen LogP contribution in [0, 0.1) is 5.41 Å². The number of hydrogen-bond acceptors (Lipinski definition) is 3. The van der Waals surface area contributed by atoms with Crippen molar-refractivity contribution in [2.75, 3.05) is 6.54 Å². The molecule has 5 aromatic rings. The highest BCUT2D eigenvalue weighted by Crippen LogP contribution is 2.41. The van der Waals surface area contributed by atoms with Gasteiger partial charge >= 0.3 is 0 Å². The number of hydrogen-bond donors (Lipinski definition) is 3. The molecule has 2 heterocycles. The van der Waals surface area contributed by atoms with E-state index in [0.717, 1.165) is 38.6 Å². The Morgan fingerprint density at radius 2 is 1.73 bits per heavy atom. The van der Waals surface area contributed by atoms with Gasteiger partial charge in [0.2, 0.25) is 5.91 Å². The first kappa shape index (κ1) is 28.7. The molecule has 3 N–H and O–H groups in total. The minimum absolute atomic E-state index is 0.00674. The van der Waals surface area contributed by atoms with Crippen LogP contribution in [0.3, 0.4) is 0 Å². The van der Waals surface area contributed by atoms with Crippen molar-refractivity contribution in [3.05, 3.63) is 110 Å². The number of nitrogens with zero attached hydrogens (tertiary/aromatic N) is 1. The van der Waals surface area contributed by atoms with Crippen molar-refractivity contribution in [3.8, 4) is 5.75 Å². The number of aryl methyl sites for hydroxylation is 2. The molecular weight excluding hydrogens is 578 g/mol. The van der Waals surface area contributed by atoms with E-state index in [2.05, 4.69) is 53.1 Å². The smallest absolute Gasteiger partial charge is 0.258 e. The molecule has 0 spiro atoms. The molecule has 1 atom stereocenters. The van der Waals surface area contributed by atoms with Gasteiger partial charge in [-0.05, 0) is 59.7 Å². The minimum atomic E-state index is -0.548. The average Bonchev–Trinajstić information content (AvgIpc) is 3.29. The van der Waals surface area contributed by atoms with Gasteiger partial charge in [-0.3, -0.25) is 9.59 Å². The number of aromatic hydroxyl groups is 1. The van der Waals surface area contributed by atoms with Crippen LogP contribution in [-0.2, 0) is 18.3 Å². The second-order valence-corrected chi connectivity index (χ2v) is 12.8. The van der Waals surface area contributed by atoms with Crippen LogP contribution in [0.25, 0.3) is 21.8 Å². The average molecular weight is 615 g/mol. The number of carbonyl (C=O) groups is 1. The number of fused-ring (bicyclic) bond motifs is 2. The molecular formula is C34H36BrN3O3. The highest BCUT2D eigenvalue weighted by molar-refractivity contribution is 9.10. The van der Waals surface area contributed by atoms with E-state index in [4.69, 9.17) is 0 Å².